The highest BCUT2D eigenvalue weighted by Crippen LogP contribution is 2.24. The van der Waals surface area contributed by atoms with Gasteiger partial charge in [-0.25, -0.2) is 18.1 Å². The first-order chi connectivity index (χ1) is 12.2. The molecule has 0 unspecified atom stereocenters. The molecule has 0 radical (unpaired) electrons. The number of rotatable bonds is 9. The van der Waals surface area contributed by atoms with E-state index in [1.807, 2.05) is 7.05 Å². The second kappa shape index (κ2) is 8.96. The summed E-state index contributed by atoms with van der Waals surface area (Å²) in [5.41, 5.74) is 1.00. The summed E-state index contributed by atoms with van der Waals surface area (Å²) in [7, 11) is -1.23. The molecule has 8 nitrogen and oxygen atoms in total. The molecule has 1 saturated heterocycles. The third-order valence-electron chi connectivity index (χ3n) is 4.81. The molecule has 1 aromatic rings. The Bertz CT molecular complexity index is 701. The lowest BCUT2D eigenvalue weighted by atomic mass is 10.1. The molecular weight excluding hydrogens is 354 g/mol. The van der Waals surface area contributed by atoms with Gasteiger partial charge in [0.05, 0.1) is 24.8 Å². The monoisotopic (exact) mass is 385 g/mol. The summed E-state index contributed by atoms with van der Waals surface area (Å²) in [6.07, 6.45) is 6.95. The highest BCUT2D eigenvalue weighted by atomic mass is 32.2. The minimum absolute atomic E-state index is 0.0101. The number of carbonyl (C=O) groups is 1. The minimum Gasteiger partial charge on any atom is -0.350 e. The van der Waals surface area contributed by atoms with E-state index in [9.17, 15) is 13.2 Å². The number of hydrogen-bond acceptors (Lipinski definition) is 5. The van der Waals surface area contributed by atoms with Gasteiger partial charge in [-0.05, 0) is 25.8 Å². The van der Waals surface area contributed by atoms with Crippen molar-refractivity contribution >= 4 is 15.9 Å². The first-order valence-electron chi connectivity index (χ1n) is 9.08. The van der Waals surface area contributed by atoms with Gasteiger partial charge in [0, 0.05) is 37.8 Å². The molecule has 1 aliphatic rings. The zero-order valence-corrected chi connectivity index (χ0v) is 16.9. The highest BCUT2D eigenvalue weighted by molar-refractivity contribution is 7.88. The topological polar surface area (TPSA) is 96.3 Å². The molecule has 2 N–H and O–H groups in total. The fraction of sp³-hybridized carbons (Fsp3) is 0.765. The smallest absolute Gasteiger partial charge is 0.221 e. The van der Waals surface area contributed by atoms with Crippen LogP contribution in [0.5, 0.6) is 0 Å². The molecule has 1 aliphatic heterocycles. The molecule has 26 heavy (non-hydrogen) atoms. The average Bonchev–Trinajstić information content (AvgIpc) is 3.10. The number of hydrogen-bond donors (Lipinski definition) is 2. The van der Waals surface area contributed by atoms with E-state index in [2.05, 4.69) is 38.3 Å². The number of likely N-dealkylation sites (tertiary alicyclic amines) is 1. The van der Waals surface area contributed by atoms with Crippen LogP contribution in [-0.2, 0) is 27.9 Å². The maximum atomic E-state index is 12.3. The van der Waals surface area contributed by atoms with Gasteiger partial charge < -0.3 is 9.88 Å². The molecule has 2 heterocycles. The van der Waals surface area contributed by atoms with Crippen LogP contribution in [0.4, 0.5) is 0 Å². The summed E-state index contributed by atoms with van der Waals surface area (Å²) < 4.78 is 27.1. The molecule has 0 saturated carbocycles. The van der Waals surface area contributed by atoms with Gasteiger partial charge >= 0.3 is 0 Å². The van der Waals surface area contributed by atoms with Crippen molar-refractivity contribution in [1.29, 1.82) is 0 Å². The number of nitrogens with one attached hydrogen (secondary N) is 2. The Morgan fingerprint density at radius 2 is 2.04 bits per heavy atom. The zero-order chi connectivity index (χ0) is 19.3. The van der Waals surface area contributed by atoms with Crippen LogP contribution in [-0.4, -0.2) is 60.7 Å². The Morgan fingerprint density at radius 1 is 1.35 bits per heavy atom. The zero-order valence-electron chi connectivity index (χ0n) is 16.1. The van der Waals surface area contributed by atoms with Crippen LogP contribution in [0.25, 0.3) is 0 Å². The SMILES string of the molecule is CC(C)Cn1cncc1CNC(=O)C[C@H]1CC[C@@H](CNS(C)(=O)=O)N1C. The van der Waals surface area contributed by atoms with Crippen molar-refractivity contribution in [2.24, 2.45) is 5.92 Å². The van der Waals surface area contributed by atoms with Crippen molar-refractivity contribution in [2.45, 2.75) is 58.3 Å². The molecule has 0 bridgehead atoms. The fourth-order valence-electron chi connectivity index (χ4n) is 3.36. The molecule has 9 heteroatoms. The second-order valence-corrected chi connectivity index (χ2v) is 9.42. The third kappa shape index (κ3) is 6.37. The van der Waals surface area contributed by atoms with Gasteiger partial charge in [0.1, 0.15) is 0 Å². The van der Waals surface area contributed by atoms with Crippen LogP contribution in [0, 0.1) is 5.92 Å². The fourth-order valence-corrected chi connectivity index (χ4v) is 3.85. The Hall–Kier alpha value is -1.45. The van der Waals surface area contributed by atoms with Gasteiger partial charge in [-0.1, -0.05) is 13.8 Å². The molecule has 0 aliphatic carbocycles. The van der Waals surface area contributed by atoms with Gasteiger partial charge in [0.15, 0.2) is 0 Å². The molecule has 1 fully saturated rings. The first-order valence-corrected chi connectivity index (χ1v) is 11.0. The average molecular weight is 386 g/mol. The highest BCUT2D eigenvalue weighted by Gasteiger charge is 2.31. The van der Waals surface area contributed by atoms with E-state index in [1.165, 1.54) is 0 Å². The molecule has 1 amide bonds. The molecule has 0 spiro atoms. The third-order valence-corrected chi connectivity index (χ3v) is 5.51. The van der Waals surface area contributed by atoms with Gasteiger partial charge in [-0.15, -0.1) is 0 Å². The first kappa shape index (κ1) is 20.9. The van der Waals surface area contributed by atoms with E-state index in [4.69, 9.17) is 0 Å². The van der Waals surface area contributed by atoms with E-state index in [1.54, 1.807) is 12.5 Å². The molecule has 148 valence electrons. The summed E-state index contributed by atoms with van der Waals surface area (Å²) >= 11 is 0. The van der Waals surface area contributed by atoms with Gasteiger partial charge in [0.2, 0.25) is 15.9 Å². The maximum absolute atomic E-state index is 12.3. The minimum atomic E-state index is -3.19. The lowest BCUT2D eigenvalue weighted by Crippen LogP contribution is -2.42. The van der Waals surface area contributed by atoms with Crippen LogP contribution in [0.3, 0.4) is 0 Å². The molecule has 2 rings (SSSR count). The van der Waals surface area contributed by atoms with Crippen molar-refractivity contribution in [3.63, 3.8) is 0 Å². The van der Waals surface area contributed by atoms with Gasteiger partial charge in [0.25, 0.3) is 0 Å². The predicted molar refractivity (Wildman–Crippen MR) is 101 cm³/mol. The van der Waals surface area contributed by atoms with Crippen molar-refractivity contribution < 1.29 is 13.2 Å². The second-order valence-electron chi connectivity index (χ2n) is 7.58. The number of sulfonamides is 1. The summed E-state index contributed by atoms with van der Waals surface area (Å²) in [5, 5.41) is 2.98. The number of amides is 1. The summed E-state index contributed by atoms with van der Waals surface area (Å²) in [4.78, 5) is 18.6. The van der Waals surface area contributed by atoms with Crippen LogP contribution in [0.15, 0.2) is 12.5 Å². The normalized spacial score (nSPS) is 21.4. The number of aromatic nitrogens is 2. The standard InChI is InChI=1S/C17H31N5O3S/c1-13(2)11-22-12-18-8-16(22)9-19-17(23)7-14-5-6-15(21(14)3)10-20-26(4,24)25/h8,12-15,20H,5-7,9-11H2,1-4H3,(H,19,23)/t14-,15+/m1/s1. The summed E-state index contributed by atoms with van der Waals surface area (Å²) in [5.74, 6) is 0.527. The number of likely N-dealkylation sites (N-methyl/N-ethyl adjacent to an activating group) is 1. The van der Waals surface area contributed by atoms with Crippen molar-refractivity contribution in [3.8, 4) is 0 Å². The van der Waals surface area contributed by atoms with E-state index < -0.39 is 10.0 Å². The van der Waals surface area contributed by atoms with Gasteiger partial charge in [-0.2, -0.15) is 0 Å². The van der Waals surface area contributed by atoms with Crippen molar-refractivity contribution in [3.05, 3.63) is 18.2 Å². The number of imidazole rings is 1. The van der Waals surface area contributed by atoms with Crippen LogP contribution >= 0.6 is 0 Å². The van der Waals surface area contributed by atoms with E-state index >= 15 is 0 Å². The van der Waals surface area contributed by atoms with E-state index in [0.29, 0.717) is 25.4 Å². The number of carbonyl (C=O) groups excluding carboxylic acids is 1. The van der Waals surface area contributed by atoms with Crippen molar-refractivity contribution in [1.82, 2.24) is 24.5 Å². The maximum Gasteiger partial charge on any atom is 0.221 e. The quantitative estimate of drug-likeness (QED) is 0.647. The van der Waals surface area contributed by atoms with Gasteiger partial charge in [-0.3, -0.25) is 9.69 Å². The summed E-state index contributed by atoms with van der Waals surface area (Å²) in [6.45, 7) is 6.04. The Kier molecular flexibility index (Phi) is 7.19. The molecule has 2 atom stereocenters. The summed E-state index contributed by atoms with van der Waals surface area (Å²) in [6, 6.07) is 0.275. The lowest BCUT2D eigenvalue weighted by molar-refractivity contribution is -0.122. The Morgan fingerprint density at radius 3 is 2.69 bits per heavy atom. The van der Waals surface area contributed by atoms with Crippen LogP contribution in [0.2, 0.25) is 0 Å². The molecule has 1 aromatic heterocycles. The number of nitrogens with zero attached hydrogens (tertiary/aromatic N) is 3. The van der Waals surface area contributed by atoms with Crippen LogP contribution in [0.1, 0.15) is 38.8 Å². The Balaban J connectivity index is 1.79. The predicted octanol–water partition coefficient (Wildman–Crippen LogP) is 0.557. The molecular formula is C17H31N5O3S. The molecule has 0 aromatic carbocycles. The van der Waals surface area contributed by atoms with E-state index in [0.717, 1.165) is 31.3 Å². The Labute approximate surface area is 156 Å². The largest absolute Gasteiger partial charge is 0.350 e. The van der Waals surface area contributed by atoms with Crippen molar-refractivity contribution in [2.75, 3.05) is 19.8 Å². The van der Waals surface area contributed by atoms with Crippen LogP contribution < -0.4 is 10.0 Å². The van der Waals surface area contributed by atoms with E-state index in [-0.39, 0.29) is 18.0 Å². The lowest BCUT2D eigenvalue weighted by Gasteiger charge is -2.25.